The molecule has 0 aliphatic heterocycles. The van der Waals surface area contributed by atoms with Crippen LogP contribution in [0.5, 0.6) is 0 Å². The molecule has 1 unspecified atom stereocenters. The van der Waals surface area contributed by atoms with Crippen molar-refractivity contribution in [3.05, 3.63) is 27.2 Å². The Morgan fingerprint density at radius 1 is 1.19 bits per heavy atom. The fourth-order valence-electron chi connectivity index (χ4n) is 1.63. The number of carboxylic acid groups (broad SMARTS) is 1. The molecule has 0 radical (unpaired) electrons. The number of carbonyl (C=O) groups excluding carboxylic acids is 1. The molecule has 1 aromatic rings. The van der Waals surface area contributed by atoms with E-state index < -0.39 is 17.9 Å². The van der Waals surface area contributed by atoms with Crippen molar-refractivity contribution in [1.29, 1.82) is 0 Å². The van der Waals surface area contributed by atoms with Crippen molar-refractivity contribution in [2.75, 3.05) is 11.9 Å². The Balaban J connectivity index is 2.69. The van der Waals surface area contributed by atoms with Crippen molar-refractivity contribution < 1.29 is 14.7 Å². The van der Waals surface area contributed by atoms with Crippen LogP contribution in [0, 0.1) is 11.8 Å². The van der Waals surface area contributed by atoms with Gasteiger partial charge in [0.15, 0.2) is 0 Å². The average molecular weight is 354 g/mol. The zero-order valence-electron chi connectivity index (χ0n) is 11.4. The van der Waals surface area contributed by atoms with Crippen LogP contribution in [0.3, 0.4) is 0 Å². The molecule has 0 aliphatic rings. The maximum atomic E-state index is 11.8. The number of amides is 2. The molecule has 116 valence electrons. The van der Waals surface area contributed by atoms with E-state index in [0.29, 0.717) is 5.02 Å². The summed E-state index contributed by atoms with van der Waals surface area (Å²) in [6.07, 6.45) is 0. The third-order valence-electron chi connectivity index (χ3n) is 2.85. The van der Waals surface area contributed by atoms with Crippen molar-refractivity contribution in [3.8, 4) is 0 Å². The van der Waals surface area contributed by atoms with E-state index in [1.807, 2.05) is 0 Å². The fourth-order valence-corrected chi connectivity index (χ4v) is 2.54. The molecule has 3 N–H and O–H groups in total. The van der Waals surface area contributed by atoms with Gasteiger partial charge in [-0.1, -0.05) is 48.7 Å². The summed E-state index contributed by atoms with van der Waals surface area (Å²) in [6, 6.07) is 2.30. The summed E-state index contributed by atoms with van der Waals surface area (Å²) in [7, 11) is 0. The van der Waals surface area contributed by atoms with Gasteiger partial charge in [-0.3, -0.25) is 4.79 Å². The summed E-state index contributed by atoms with van der Waals surface area (Å²) < 4.78 is 0. The van der Waals surface area contributed by atoms with Crippen LogP contribution in [0.1, 0.15) is 13.8 Å². The minimum Gasteiger partial charge on any atom is -0.481 e. The molecule has 21 heavy (non-hydrogen) atoms. The summed E-state index contributed by atoms with van der Waals surface area (Å²) in [4.78, 5) is 22.8. The number of carbonyl (C=O) groups is 2. The number of hydrogen-bond acceptors (Lipinski definition) is 2. The maximum absolute atomic E-state index is 11.8. The Bertz CT molecular complexity index is 526. The van der Waals surface area contributed by atoms with Gasteiger partial charge in [-0.05, 0) is 18.1 Å². The van der Waals surface area contributed by atoms with Gasteiger partial charge in [0.1, 0.15) is 0 Å². The van der Waals surface area contributed by atoms with Crippen LogP contribution in [-0.4, -0.2) is 23.7 Å². The Hall–Kier alpha value is -1.17. The van der Waals surface area contributed by atoms with Gasteiger partial charge in [0.05, 0.1) is 21.7 Å². The van der Waals surface area contributed by atoms with E-state index in [1.54, 1.807) is 13.8 Å². The number of hydrogen-bond donors (Lipinski definition) is 3. The Kier molecular flexibility index (Phi) is 6.58. The molecule has 0 heterocycles. The predicted octanol–water partition coefficient (Wildman–Crippen LogP) is 4.13. The Labute approximate surface area is 137 Å². The van der Waals surface area contributed by atoms with Crippen LogP contribution in [0.4, 0.5) is 10.5 Å². The summed E-state index contributed by atoms with van der Waals surface area (Å²) in [5.41, 5.74) is 0.219. The van der Waals surface area contributed by atoms with Crippen molar-refractivity contribution in [2.45, 2.75) is 13.8 Å². The molecule has 0 aliphatic carbocycles. The first-order valence-electron chi connectivity index (χ1n) is 6.14. The van der Waals surface area contributed by atoms with Gasteiger partial charge in [0, 0.05) is 11.6 Å². The standard InChI is InChI=1S/C13H15Cl3N2O3/c1-6(2)8(12(19)20)5-17-13(21)18-11-9(15)3-7(14)4-10(11)16/h3-4,6,8H,5H2,1-2H3,(H,19,20)(H2,17,18,21). The van der Waals surface area contributed by atoms with Crippen molar-refractivity contribution in [3.63, 3.8) is 0 Å². The third-order valence-corrected chi connectivity index (χ3v) is 3.66. The molecule has 0 saturated heterocycles. The molecular weight excluding hydrogens is 339 g/mol. The number of halogens is 3. The summed E-state index contributed by atoms with van der Waals surface area (Å²) in [5, 5.41) is 14.7. The maximum Gasteiger partial charge on any atom is 0.319 e. The monoisotopic (exact) mass is 352 g/mol. The van der Waals surface area contributed by atoms with Gasteiger partial charge in [-0.15, -0.1) is 0 Å². The highest BCUT2D eigenvalue weighted by Gasteiger charge is 2.22. The number of aliphatic carboxylic acids is 1. The van der Waals surface area contributed by atoms with Gasteiger partial charge < -0.3 is 15.7 Å². The van der Waals surface area contributed by atoms with Crippen LogP contribution in [-0.2, 0) is 4.79 Å². The molecule has 1 atom stereocenters. The average Bonchev–Trinajstić information content (AvgIpc) is 2.33. The molecule has 0 bridgehead atoms. The number of anilines is 1. The quantitative estimate of drug-likeness (QED) is 0.745. The second-order valence-corrected chi connectivity index (χ2v) is 6.02. The van der Waals surface area contributed by atoms with Gasteiger partial charge in [-0.2, -0.15) is 0 Å². The molecular formula is C13H15Cl3N2O3. The molecule has 1 rings (SSSR count). The lowest BCUT2D eigenvalue weighted by Gasteiger charge is -2.17. The number of benzene rings is 1. The van der Waals surface area contributed by atoms with Gasteiger partial charge >= 0.3 is 12.0 Å². The van der Waals surface area contributed by atoms with Gasteiger partial charge in [0.25, 0.3) is 0 Å². The minimum absolute atomic E-state index is 0.00165. The number of carboxylic acids is 1. The topological polar surface area (TPSA) is 78.4 Å². The van der Waals surface area contributed by atoms with E-state index >= 15 is 0 Å². The van der Waals surface area contributed by atoms with Crippen molar-refractivity contribution in [1.82, 2.24) is 5.32 Å². The highest BCUT2D eigenvalue weighted by atomic mass is 35.5. The SMILES string of the molecule is CC(C)C(CNC(=O)Nc1c(Cl)cc(Cl)cc1Cl)C(=O)O. The van der Waals surface area contributed by atoms with Crippen LogP contribution in [0.15, 0.2) is 12.1 Å². The zero-order chi connectivity index (χ0) is 16.2. The molecule has 0 saturated carbocycles. The third kappa shape index (κ3) is 5.26. The summed E-state index contributed by atoms with van der Waals surface area (Å²) in [5.74, 6) is -1.75. The molecule has 0 spiro atoms. The first kappa shape index (κ1) is 17.9. The first-order chi connectivity index (χ1) is 9.72. The second-order valence-electron chi connectivity index (χ2n) is 4.77. The number of urea groups is 1. The van der Waals surface area contributed by atoms with Crippen molar-refractivity contribution >= 4 is 52.5 Å². The van der Waals surface area contributed by atoms with E-state index in [-0.39, 0.29) is 28.2 Å². The Morgan fingerprint density at radius 3 is 2.14 bits per heavy atom. The summed E-state index contributed by atoms with van der Waals surface area (Å²) in [6.45, 7) is 3.54. The normalized spacial score (nSPS) is 12.1. The van der Waals surface area contributed by atoms with Gasteiger partial charge in [-0.25, -0.2) is 4.79 Å². The molecule has 8 heteroatoms. The predicted molar refractivity (Wildman–Crippen MR) is 84.5 cm³/mol. The van der Waals surface area contributed by atoms with Crippen LogP contribution >= 0.6 is 34.8 Å². The Morgan fingerprint density at radius 2 is 1.71 bits per heavy atom. The molecule has 5 nitrogen and oxygen atoms in total. The lowest BCUT2D eigenvalue weighted by molar-refractivity contribution is -0.142. The zero-order valence-corrected chi connectivity index (χ0v) is 13.7. The van der Waals surface area contributed by atoms with Crippen LogP contribution in [0.2, 0.25) is 15.1 Å². The molecule has 1 aromatic carbocycles. The number of rotatable bonds is 5. The van der Waals surface area contributed by atoms with E-state index in [4.69, 9.17) is 39.9 Å². The van der Waals surface area contributed by atoms with Crippen LogP contribution in [0.25, 0.3) is 0 Å². The molecule has 2 amide bonds. The van der Waals surface area contributed by atoms with Crippen LogP contribution < -0.4 is 10.6 Å². The van der Waals surface area contributed by atoms with E-state index in [0.717, 1.165) is 0 Å². The van der Waals surface area contributed by atoms with Crippen molar-refractivity contribution in [2.24, 2.45) is 11.8 Å². The molecule has 0 fully saturated rings. The largest absolute Gasteiger partial charge is 0.481 e. The smallest absolute Gasteiger partial charge is 0.319 e. The number of nitrogens with one attached hydrogen (secondary N) is 2. The second kappa shape index (κ2) is 7.73. The fraction of sp³-hybridized carbons (Fsp3) is 0.385. The minimum atomic E-state index is -0.965. The lowest BCUT2D eigenvalue weighted by atomic mass is 9.96. The first-order valence-corrected chi connectivity index (χ1v) is 7.28. The highest BCUT2D eigenvalue weighted by molar-refractivity contribution is 6.42. The summed E-state index contributed by atoms with van der Waals surface area (Å²) >= 11 is 17.6. The van der Waals surface area contributed by atoms with E-state index in [9.17, 15) is 9.59 Å². The van der Waals surface area contributed by atoms with Gasteiger partial charge in [0.2, 0.25) is 0 Å². The van der Waals surface area contributed by atoms with E-state index in [2.05, 4.69) is 10.6 Å². The van der Waals surface area contributed by atoms with E-state index in [1.165, 1.54) is 12.1 Å². The lowest BCUT2D eigenvalue weighted by Crippen LogP contribution is -2.37. The highest BCUT2D eigenvalue weighted by Crippen LogP contribution is 2.33. The molecule has 0 aromatic heterocycles.